The Labute approximate surface area is 147 Å². The highest BCUT2D eigenvalue weighted by Crippen LogP contribution is 2.58. The fraction of sp³-hybridized carbons (Fsp3) is 0.600. The van der Waals surface area contributed by atoms with E-state index in [2.05, 4.69) is 37.4 Å². The largest absolute Gasteiger partial charge is 0.481 e. The maximum Gasteiger partial charge on any atom is 0.312 e. The predicted molar refractivity (Wildman–Crippen MR) is 92.3 cm³/mol. The first kappa shape index (κ1) is 16.6. The number of carbonyl (C=O) groups is 2. The highest BCUT2D eigenvalue weighted by molar-refractivity contribution is 5.92. The molecule has 2 N–H and O–H groups in total. The number of fused-ring (bicyclic) bond motifs is 2. The summed E-state index contributed by atoms with van der Waals surface area (Å²) >= 11 is 0. The third-order valence-corrected chi connectivity index (χ3v) is 6.41. The molecule has 5 heteroatoms. The van der Waals surface area contributed by atoms with E-state index in [4.69, 9.17) is 4.74 Å². The summed E-state index contributed by atoms with van der Waals surface area (Å²) < 4.78 is 5.63. The van der Waals surface area contributed by atoms with Crippen LogP contribution in [0.2, 0.25) is 0 Å². The molecule has 3 fully saturated rings. The first-order chi connectivity index (χ1) is 11.8. The van der Waals surface area contributed by atoms with E-state index in [0.29, 0.717) is 12.8 Å². The van der Waals surface area contributed by atoms with Crippen LogP contribution < -0.4 is 5.32 Å². The Kier molecular flexibility index (Phi) is 3.52. The molecule has 2 aliphatic heterocycles. The van der Waals surface area contributed by atoms with E-state index in [-0.39, 0.29) is 24.0 Å². The number of amides is 1. The zero-order chi connectivity index (χ0) is 17.9. The van der Waals surface area contributed by atoms with E-state index in [1.165, 1.54) is 11.1 Å². The number of hydrogen-bond donors (Lipinski definition) is 2. The van der Waals surface area contributed by atoms with E-state index in [1.807, 2.05) is 6.07 Å². The van der Waals surface area contributed by atoms with Crippen molar-refractivity contribution in [3.63, 3.8) is 0 Å². The number of hydrogen-bond acceptors (Lipinski definition) is 3. The van der Waals surface area contributed by atoms with Crippen LogP contribution in [0.5, 0.6) is 0 Å². The van der Waals surface area contributed by atoms with Crippen molar-refractivity contribution in [2.75, 3.05) is 6.61 Å². The molecule has 1 amide bonds. The van der Waals surface area contributed by atoms with Gasteiger partial charge in [-0.05, 0) is 35.8 Å². The van der Waals surface area contributed by atoms with Gasteiger partial charge in [0.25, 0.3) is 5.91 Å². The van der Waals surface area contributed by atoms with Gasteiger partial charge in [-0.3, -0.25) is 9.59 Å². The Balaban J connectivity index is 1.48. The first-order valence-electron chi connectivity index (χ1n) is 9.03. The van der Waals surface area contributed by atoms with Gasteiger partial charge in [0.15, 0.2) is 0 Å². The molecule has 25 heavy (non-hydrogen) atoms. The van der Waals surface area contributed by atoms with Crippen LogP contribution >= 0.6 is 0 Å². The van der Waals surface area contributed by atoms with Gasteiger partial charge < -0.3 is 15.2 Å². The lowest BCUT2D eigenvalue weighted by atomic mass is 9.62. The van der Waals surface area contributed by atoms with Crippen molar-refractivity contribution < 1.29 is 19.4 Å². The normalized spacial score (nSPS) is 35.2. The van der Waals surface area contributed by atoms with Gasteiger partial charge in [0.05, 0.1) is 12.0 Å². The number of ether oxygens (including phenoxy) is 1. The Bertz CT molecular complexity index is 733. The van der Waals surface area contributed by atoms with Crippen LogP contribution in [0.3, 0.4) is 0 Å². The zero-order valence-electron chi connectivity index (χ0n) is 14.8. The molecule has 0 aromatic heterocycles. The summed E-state index contributed by atoms with van der Waals surface area (Å²) in [6.45, 7) is 4.65. The van der Waals surface area contributed by atoms with Crippen molar-refractivity contribution in [2.24, 2.45) is 5.41 Å². The molecule has 1 saturated carbocycles. The van der Waals surface area contributed by atoms with Crippen molar-refractivity contribution in [2.45, 2.75) is 63.0 Å². The smallest absolute Gasteiger partial charge is 0.312 e. The van der Waals surface area contributed by atoms with Gasteiger partial charge in [-0.2, -0.15) is 0 Å². The van der Waals surface area contributed by atoms with Crippen LogP contribution in [0.1, 0.15) is 50.7 Å². The number of benzene rings is 1. The molecule has 2 bridgehead atoms. The summed E-state index contributed by atoms with van der Waals surface area (Å²) in [6, 6.07) is 8.51. The van der Waals surface area contributed by atoms with Gasteiger partial charge >= 0.3 is 5.97 Å². The van der Waals surface area contributed by atoms with Gasteiger partial charge in [-0.1, -0.05) is 38.1 Å². The molecular weight excluding hydrogens is 318 g/mol. The van der Waals surface area contributed by atoms with Crippen LogP contribution in [0.15, 0.2) is 24.3 Å². The zero-order valence-corrected chi connectivity index (χ0v) is 14.8. The lowest BCUT2D eigenvalue weighted by molar-refractivity contribution is -0.159. The molecule has 1 unspecified atom stereocenters. The van der Waals surface area contributed by atoms with E-state index in [0.717, 1.165) is 19.3 Å². The van der Waals surface area contributed by atoms with Crippen LogP contribution in [-0.2, 0) is 26.2 Å². The van der Waals surface area contributed by atoms with Gasteiger partial charge in [0.2, 0.25) is 0 Å². The molecule has 2 heterocycles. The lowest BCUT2D eigenvalue weighted by Gasteiger charge is -2.40. The Morgan fingerprint density at radius 3 is 2.64 bits per heavy atom. The van der Waals surface area contributed by atoms with Crippen molar-refractivity contribution >= 4 is 11.9 Å². The molecule has 5 nitrogen and oxygen atoms in total. The Morgan fingerprint density at radius 1 is 1.24 bits per heavy atom. The fourth-order valence-electron chi connectivity index (χ4n) is 4.80. The number of carboxylic acids is 1. The molecule has 1 aromatic rings. The maximum absolute atomic E-state index is 12.8. The van der Waals surface area contributed by atoms with Crippen molar-refractivity contribution in [3.8, 4) is 0 Å². The number of carbonyl (C=O) groups excluding carboxylic acids is 1. The maximum atomic E-state index is 12.8. The summed E-state index contributed by atoms with van der Waals surface area (Å²) in [5, 5.41) is 12.5. The second kappa shape index (κ2) is 5.31. The summed E-state index contributed by atoms with van der Waals surface area (Å²) in [4.78, 5) is 24.2. The molecule has 2 aliphatic carbocycles. The van der Waals surface area contributed by atoms with E-state index in [9.17, 15) is 14.7 Å². The van der Waals surface area contributed by atoms with Crippen LogP contribution in [0, 0.1) is 5.41 Å². The Hall–Kier alpha value is -1.88. The van der Waals surface area contributed by atoms with Crippen molar-refractivity contribution in [3.05, 3.63) is 35.4 Å². The van der Waals surface area contributed by atoms with Gasteiger partial charge in [0.1, 0.15) is 5.60 Å². The molecule has 2 saturated heterocycles. The van der Waals surface area contributed by atoms with Crippen molar-refractivity contribution in [1.29, 1.82) is 0 Å². The molecule has 0 spiro atoms. The fourth-order valence-corrected chi connectivity index (χ4v) is 4.80. The molecular formula is C20H25NO4. The second-order valence-electron chi connectivity index (χ2n) is 8.68. The summed E-state index contributed by atoms with van der Waals surface area (Å²) in [5.74, 6) is -0.984. The summed E-state index contributed by atoms with van der Waals surface area (Å²) in [5.41, 5.74) is 0.978. The van der Waals surface area contributed by atoms with Crippen molar-refractivity contribution in [1.82, 2.24) is 5.32 Å². The van der Waals surface area contributed by atoms with Gasteiger partial charge in [-0.25, -0.2) is 0 Å². The van der Waals surface area contributed by atoms with E-state index < -0.39 is 17.0 Å². The number of nitrogens with one attached hydrogen (secondary N) is 1. The van der Waals surface area contributed by atoms with E-state index in [1.54, 1.807) is 0 Å². The lowest BCUT2D eigenvalue weighted by Crippen LogP contribution is -2.58. The molecule has 4 aliphatic rings. The molecule has 0 radical (unpaired) electrons. The summed E-state index contributed by atoms with van der Waals surface area (Å²) in [6.07, 6.45) is 3.33. The van der Waals surface area contributed by atoms with Crippen LogP contribution in [0.25, 0.3) is 0 Å². The van der Waals surface area contributed by atoms with Crippen LogP contribution in [0.4, 0.5) is 0 Å². The highest BCUT2D eigenvalue weighted by atomic mass is 16.5. The predicted octanol–water partition coefficient (Wildman–Crippen LogP) is 2.42. The SMILES string of the molecule is CC1(C)CCC(NC(=O)C23CC(C(=O)O)(CO2)C3)Cc2ccccc21. The number of rotatable bonds is 3. The summed E-state index contributed by atoms with van der Waals surface area (Å²) in [7, 11) is 0. The number of carboxylic acid groups (broad SMARTS) is 1. The molecule has 5 rings (SSSR count). The van der Waals surface area contributed by atoms with Gasteiger partial charge in [-0.15, -0.1) is 0 Å². The Morgan fingerprint density at radius 2 is 1.96 bits per heavy atom. The first-order valence-corrected chi connectivity index (χ1v) is 9.03. The van der Waals surface area contributed by atoms with E-state index >= 15 is 0 Å². The average Bonchev–Trinajstić information content (AvgIpc) is 3.07. The molecule has 134 valence electrons. The quantitative estimate of drug-likeness (QED) is 0.827. The number of aliphatic carboxylic acids is 1. The molecule has 1 atom stereocenters. The third kappa shape index (κ3) is 2.48. The third-order valence-electron chi connectivity index (χ3n) is 6.41. The minimum absolute atomic E-state index is 0.0637. The topological polar surface area (TPSA) is 75.6 Å². The average molecular weight is 343 g/mol. The second-order valence-corrected chi connectivity index (χ2v) is 8.68. The highest BCUT2D eigenvalue weighted by Gasteiger charge is 2.70. The standard InChI is InChI=1S/C20H25NO4/c1-18(2)8-7-14(9-13-5-3-4-6-15(13)18)21-16(22)20-10-19(11-20,12-25-20)17(23)24/h3-6,14H,7-12H2,1-2H3,(H,21,22)(H,23,24). The monoisotopic (exact) mass is 343 g/mol. The minimum atomic E-state index is -0.917. The minimum Gasteiger partial charge on any atom is -0.481 e. The van der Waals surface area contributed by atoms with Crippen LogP contribution in [-0.4, -0.2) is 35.2 Å². The molecule has 1 aromatic carbocycles. The van der Waals surface area contributed by atoms with Gasteiger partial charge in [0, 0.05) is 18.9 Å².